The maximum Gasteiger partial charge on any atom is 0.247 e. The van der Waals surface area contributed by atoms with E-state index < -0.39 is 5.82 Å². The maximum absolute atomic E-state index is 14.0. The van der Waals surface area contributed by atoms with Gasteiger partial charge in [0.2, 0.25) is 16.9 Å². The zero-order valence-corrected chi connectivity index (χ0v) is 16.0. The van der Waals surface area contributed by atoms with Crippen molar-refractivity contribution in [1.29, 1.82) is 0 Å². The Morgan fingerprint density at radius 3 is 2.54 bits per heavy atom. The van der Waals surface area contributed by atoms with Gasteiger partial charge in [-0.25, -0.2) is 9.07 Å². The Bertz CT molecular complexity index is 1110. The van der Waals surface area contributed by atoms with Gasteiger partial charge >= 0.3 is 0 Å². The summed E-state index contributed by atoms with van der Waals surface area (Å²) in [7, 11) is 0. The zero-order chi connectivity index (χ0) is 19.7. The minimum atomic E-state index is -0.411. The number of thioether (sulfide) groups is 1. The van der Waals surface area contributed by atoms with Gasteiger partial charge in [0.1, 0.15) is 5.82 Å². The van der Waals surface area contributed by atoms with E-state index in [4.69, 9.17) is 10.3 Å². The monoisotopic (exact) mass is 396 g/mol. The molecule has 0 saturated heterocycles. The molecular formula is C19H17FN6OS. The standard InChI is InChI=1S/C19H17FN6OS/c1-11-7-9-13(10-8-11)18-24-23-17(27-18)12(2)28-19-25-22-16(26(19)21)14-5-3-4-6-15(14)20/h3-10,12H,21H2,1-2H3. The van der Waals surface area contributed by atoms with E-state index in [1.807, 2.05) is 38.1 Å². The predicted octanol–water partition coefficient (Wildman–Crippen LogP) is 4.01. The number of nitrogen functional groups attached to an aromatic ring is 1. The number of benzene rings is 2. The molecule has 2 N–H and O–H groups in total. The number of aryl methyl sites for hydroxylation is 1. The average Bonchev–Trinajstić information content (AvgIpc) is 3.31. The van der Waals surface area contributed by atoms with Gasteiger partial charge in [0, 0.05) is 5.56 Å². The van der Waals surface area contributed by atoms with Crippen molar-refractivity contribution in [2.75, 3.05) is 5.84 Å². The van der Waals surface area contributed by atoms with Crippen LogP contribution in [-0.2, 0) is 0 Å². The van der Waals surface area contributed by atoms with Crippen LogP contribution < -0.4 is 5.84 Å². The van der Waals surface area contributed by atoms with Crippen LogP contribution in [0.1, 0.15) is 23.6 Å². The summed E-state index contributed by atoms with van der Waals surface area (Å²) in [5, 5.41) is 16.5. The Kier molecular flexibility index (Phi) is 4.82. The minimum absolute atomic E-state index is 0.216. The van der Waals surface area contributed by atoms with E-state index in [2.05, 4.69) is 20.4 Å². The molecule has 2 aromatic carbocycles. The van der Waals surface area contributed by atoms with Gasteiger partial charge in [-0.2, -0.15) is 0 Å². The second-order valence-electron chi connectivity index (χ2n) is 6.23. The summed E-state index contributed by atoms with van der Waals surface area (Å²) in [6.45, 7) is 3.91. The molecule has 7 nitrogen and oxygen atoms in total. The van der Waals surface area contributed by atoms with E-state index in [1.54, 1.807) is 18.2 Å². The lowest BCUT2D eigenvalue weighted by molar-refractivity contribution is 0.509. The van der Waals surface area contributed by atoms with E-state index in [-0.39, 0.29) is 16.6 Å². The molecule has 2 heterocycles. The van der Waals surface area contributed by atoms with Gasteiger partial charge in [-0.15, -0.1) is 20.4 Å². The van der Waals surface area contributed by atoms with Crippen LogP contribution in [-0.4, -0.2) is 25.1 Å². The molecule has 0 radical (unpaired) electrons. The highest BCUT2D eigenvalue weighted by molar-refractivity contribution is 7.99. The molecule has 4 aromatic rings. The zero-order valence-electron chi connectivity index (χ0n) is 15.2. The molecule has 142 valence electrons. The quantitative estimate of drug-likeness (QED) is 0.402. The summed E-state index contributed by atoms with van der Waals surface area (Å²) < 4.78 is 21.1. The fourth-order valence-corrected chi connectivity index (χ4v) is 3.40. The molecule has 0 bridgehead atoms. The van der Waals surface area contributed by atoms with Crippen molar-refractivity contribution in [3.05, 3.63) is 65.8 Å². The fraction of sp³-hybridized carbons (Fsp3) is 0.158. The number of hydrogen-bond donors (Lipinski definition) is 1. The molecule has 4 rings (SSSR count). The van der Waals surface area contributed by atoms with E-state index >= 15 is 0 Å². The summed E-state index contributed by atoms with van der Waals surface area (Å²) in [6, 6.07) is 14.1. The van der Waals surface area contributed by atoms with E-state index in [0.717, 1.165) is 11.1 Å². The van der Waals surface area contributed by atoms with Crippen molar-refractivity contribution in [1.82, 2.24) is 25.1 Å². The third-order valence-electron chi connectivity index (χ3n) is 4.15. The van der Waals surface area contributed by atoms with Crippen LogP contribution in [0, 0.1) is 12.7 Å². The molecule has 2 aromatic heterocycles. The van der Waals surface area contributed by atoms with Crippen LogP contribution in [0.4, 0.5) is 4.39 Å². The van der Waals surface area contributed by atoms with Gasteiger partial charge in [0.15, 0.2) is 5.82 Å². The molecular weight excluding hydrogens is 379 g/mol. The third-order valence-corrected chi connectivity index (χ3v) is 5.19. The van der Waals surface area contributed by atoms with E-state index in [0.29, 0.717) is 16.9 Å². The van der Waals surface area contributed by atoms with Gasteiger partial charge in [0.05, 0.1) is 10.8 Å². The van der Waals surface area contributed by atoms with Crippen LogP contribution >= 0.6 is 11.8 Å². The first-order chi connectivity index (χ1) is 13.5. The highest BCUT2D eigenvalue weighted by Crippen LogP contribution is 2.35. The third kappa shape index (κ3) is 3.48. The Morgan fingerprint density at radius 1 is 1.04 bits per heavy atom. The number of halogens is 1. The molecule has 0 aliphatic rings. The number of nitrogens with two attached hydrogens (primary N) is 1. The molecule has 0 fully saturated rings. The van der Waals surface area contributed by atoms with Crippen molar-refractivity contribution in [3.63, 3.8) is 0 Å². The summed E-state index contributed by atoms with van der Waals surface area (Å²) in [6.07, 6.45) is 0. The number of nitrogens with zero attached hydrogens (tertiary/aromatic N) is 5. The topological polar surface area (TPSA) is 95.7 Å². The molecule has 9 heteroatoms. The fourth-order valence-electron chi connectivity index (χ4n) is 2.60. The van der Waals surface area contributed by atoms with E-state index in [9.17, 15) is 4.39 Å². The Morgan fingerprint density at radius 2 is 1.79 bits per heavy atom. The number of hydrogen-bond acceptors (Lipinski definition) is 7. The number of rotatable bonds is 5. The normalized spacial score (nSPS) is 12.2. The highest BCUT2D eigenvalue weighted by atomic mass is 32.2. The second kappa shape index (κ2) is 7.43. The lowest BCUT2D eigenvalue weighted by Crippen LogP contribution is -2.12. The van der Waals surface area contributed by atoms with Crippen molar-refractivity contribution in [2.24, 2.45) is 0 Å². The smallest absolute Gasteiger partial charge is 0.247 e. The van der Waals surface area contributed by atoms with Crippen molar-refractivity contribution >= 4 is 11.8 Å². The molecule has 0 amide bonds. The van der Waals surface area contributed by atoms with Crippen LogP contribution in [0.15, 0.2) is 58.1 Å². The van der Waals surface area contributed by atoms with Gasteiger partial charge in [-0.05, 0) is 38.1 Å². The summed E-state index contributed by atoms with van der Waals surface area (Å²) in [5.41, 5.74) is 2.29. The molecule has 1 atom stereocenters. The Balaban J connectivity index is 1.54. The molecule has 0 aliphatic carbocycles. The largest absolute Gasteiger partial charge is 0.419 e. The number of aromatic nitrogens is 5. The Hall–Kier alpha value is -3.20. The summed E-state index contributed by atoms with van der Waals surface area (Å²) in [4.78, 5) is 0. The molecule has 0 spiro atoms. The average molecular weight is 396 g/mol. The maximum atomic E-state index is 14.0. The molecule has 0 saturated carbocycles. The van der Waals surface area contributed by atoms with Crippen LogP contribution in [0.25, 0.3) is 22.8 Å². The first-order valence-electron chi connectivity index (χ1n) is 8.55. The summed E-state index contributed by atoms with van der Waals surface area (Å²) >= 11 is 1.30. The van der Waals surface area contributed by atoms with Crippen molar-refractivity contribution < 1.29 is 8.81 Å². The molecule has 28 heavy (non-hydrogen) atoms. The molecule has 1 unspecified atom stereocenters. The van der Waals surface area contributed by atoms with Crippen LogP contribution in [0.5, 0.6) is 0 Å². The van der Waals surface area contributed by atoms with Crippen LogP contribution in [0.2, 0.25) is 0 Å². The first kappa shape index (κ1) is 18.2. The second-order valence-corrected chi connectivity index (χ2v) is 7.54. The minimum Gasteiger partial charge on any atom is -0.419 e. The van der Waals surface area contributed by atoms with Crippen LogP contribution in [0.3, 0.4) is 0 Å². The highest BCUT2D eigenvalue weighted by Gasteiger charge is 2.21. The van der Waals surface area contributed by atoms with Gasteiger partial charge in [-0.3, -0.25) is 0 Å². The van der Waals surface area contributed by atoms with E-state index in [1.165, 1.54) is 22.5 Å². The van der Waals surface area contributed by atoms with Gasteiger partial charge < -0.3 is 10.3 Å². The lowest BCUT2D eigenvalue weighted by atomic mass is 10.1. The van der Waals surface area contributed by atoms with Crippen molar-refractivity contribution in [2.45, 2.75) is 24.3 Å². The van der Waals surface area contributed by atoms with Gasteiger partial charge in [-0.1, -0.05) is 41.6 Å². The predicted molar refractivity (Wildman–Crippen MR) is 104 cm³/mol. The molecule has 0 aliphatic heterocycles. The Labute approximate surface area is 164 Å². The lowest BCUT2D eigenvalue weighted by Gasteiger charge is -2.07. The van der Waals surface area contributed by atoms with Gasteiger partial charge in [0.25, 0.3) is 0 Å². The SMILES string of the molecule is Cc1ccc(-c2nnc(C(C)Sc3nnc(-c4ccccc4F)n3N)o2)cc1. The first-order valence-corrected chi connectivity index (χ1v) is 9.43. The van der Waals surface area contributed by atoms with Crippen molar-refractivity contribution in [3.8, 4) is 22.8 Å². The summed E-state index contributed by atoms with van der Waals surface area (Å²) in [5.74, 6) is 6.80.